The minimum Gasteiger partial charge on any atom is -0.494 e. The average molecular weight is 242 g/mol. The summed E-state index contributed by atoms with van der Waals surface area (Å²) in [4.78, 5) is 25.0. The normalized spacial score (nSPS) is 11.8. The van der Waals surface area contributed by atoms with Crippen LogP contribution in [0.1, 0.15) is 26.3 Å². The first kappa shape index (κ1) is 13.5. The molecule has 0 aliphatic rings. The minimum atomic E-state index is -0.633. The Kier molecular flexibility index (Phi) is 3.77. The smallest absolute Gasteiger partial charge is 0.331 e. The van der Waals surface area contributed by atoms with E-state index >= 15 is 0 Å². The number of nitrogens with zero attached hydrogens (tertiary/aromatic N) is 1. The molecule has 6 heteroatoms. The lowest BCUT2D eigenvalue weighted by Crippen LogP contribution is -2.39. The van der Waals surface area contributed by atoms with Gasteiger partial charge in [-0.25, -0.2) is 4.79 Å². The number of hydrogen-bond acceptors (Lipinski definition) is 4. The SMILES string of the molecule is CCOC(C)(C)Cn1c(O)c(C)c(=O)[nH]c1=O. The second kappa shape index (κ2) is 4.75. The van der Waals surface area contributed by atoms with Gasteiger partial charge in [0.05, 0.1) is 17.7 Å². The molecule has 0 fully saturated rings. The van der Waals surface area contributed by atoms with E-state index in [2.05, 4.69) is 4.98 Å². The number of aromatic amines is 1. The van der Waals surface area contributed by atoms with Crippen molar-refractivity contribution in [3.8, 4) is 5.88 Å². The Morgan fingerprint density at radius 2 is 2.00 bits per heavy atom. The van der Waals surface area contributed by atoms with Gasteiger partial charge in [-0.1, -0.05) is 0 Å². The molecule has 0 aliphatic heterocycles. The third kappa shape index (κ3) is 2.97. The fraction of sp³-hybridized carbons (Fsp3) is 0.636. The van der Waals surface area contributed by atoms with Crippen molar-refractivity contribution in [2.75, 3.05) is 6.61 Å². The maximum Gasteiger partial charge on any atom is 0.331 e. The van der Waals surface area contributed by atoms with Crippen LogP contribution in [-0.2, 0) is 11.3 Å². The van der Waals surface area contributed by atoms with Crippen LogP contribution < -0.4 is 11.2 Å². The molecule has 17 heavy (non-hydrogen) atoms. The highest BCUT2D eigenvalue weighted by Crippen LogP contribution is 2.16. The number of nitrogens with one attached hydrogen (secondary N) is 1. The van der Waals surface area contributed by atoms with Crippen LogP contribution in [0.3, 0.4) is 0 Å². The number of hydrogen-bond donors (Lipinski definition) is 2. The van der Waals surface area contributed by atoms with Crippen LogP contribution in [0.5, 0.6) is 5.88 Å². The molecular formula is C11H18N2O4. The van der Waals surface area contributed by atoms with Gasteiger partial charge in [-0.2, -0.15) is 0 Å². The van der Waals surface area contributed by atoms with E-state index in [-0.39, 0.29) is 18.0 Å². The zero-order valence-electron chi connectivity index (χ0n) is 10.5. The molecule has 2 N–H and O–H groups in total. The summed E-state index contributed by atoms with van der Waals surface area (Å²) in [6, 6.07) is 0. The van der Waals surface area contributed by atoms with Crippen LogP contribution in [0.4, 0.5) is 0 Å². The number of rotatable bonds is 4. The first-order chi connectivity index (χ1) is 7.78. The van der Waals surface area contributed by atoms with Crippen molar-refractivity contribution in [1.82, 2.24) is 9.55 Å². The Balaban J connectivity index is 3.21. The molecule has 1 aromatic rings. The highest BCUT2D eigenvalue weighted by atomic mass is 16.5. The van der Waals surface area contributed by atoms with Gasteiger partial charge in [0.2, 0.25) is 5.88 Å². The maximum absolute atomic E-state index is 11.6. The van der Waals surface area contributed by atoms with E-state index in [0.29, 0.717) is 6.61 Å². The lowest BCUT2D eigenvalue weighted by Gasteiger charge is -2.25. The summed E-state index contributed by atoms with van der Waals surface area (Å²) >= 11 is 0. The molecule has 0 radical (unpaired) electrons. The maximum atomic E-state index is 11.6. The van der Waals surface area contributed by atoms with Crippen molar-refractivity contribution in [3.63, 3.8) is 0 Å². The molecule has 0 unspecified atom stereocenters. The van der Waals surface area contributed by atoms with E-state index in [0.717, 1.165) is 4.57 Å². The first-order valence-electron chi connectivity index (χ1n) is 5.45. The summed E-state index contributed by atoms with van der Waals surface area (Å²) in [6.07, 6.45) is 0. The molecule has 0 amide bonds. The molecule has 0 aromatic carbocycles. The van der Waals surface area contributed by atoms with E-state index in [1.807, 2.05) is 20.8 Å². The lowest BCUT2D eigenvalue weighted by atomic mass is 10.1. The Morgan fingerprint density at radius 3 is 2.53 bits per heavy atom. The molecule has 1 rings (SSSR count). The van der Waals surface area contributed by atoms with Crippen LogP contribution in [-0.4, -0.2) is 26.9 Å². The van der Waals surface area contributed by atoms with Gasteiger partial charge in [0.25, 0.3) is 5.56 Å². The van der Waals surface area contributed by atoms with Crippen LogP contribution in [0.15, 0.2) is 9.59 Å². The van der Waals surface area contributed by atoms with Gasteiger partial charge in [-0.3, -0.25) is 14.3 Å². The first-order valence-corrected chi connectivity index (χ1v) is 5.45. The summed E-state index contributed by atoms with van der Waals surface area (Å²) < 4.78 is 6.55. The molecule has 0 atom stereocenters. The number of H-pyrrole nitrogens is 1. The summed E-state index contributed by atoms with van der Waals surface area (Å²) in [5, 5.41) is 9.78. The van der Waals surface area contributed by atoms with Gasteiger partial charge in [-0.05, 0) is 27.7 Å². The summed E-state index contributed by atoms with van der Waals surface area (Å²) in [6.45, 7) is 7.60. The summed E-state index contributed by atoms with van der Waals surface area (Å²) in [7, 11) is 0. The molecule has 0 bridgehead atoms. The summed E-state index contributed by atoms with van der Waals surface area (Å²) in [5.41, 5.74) is -1.68. The Bertz CT molecular complexity index is 513. The number of ether oxygens (including phenoxy) is 1. The van der Waals surface area contributed by atoms with Crippen molar-refractivity contribution in [3.05, 3.63) is 26.4 Å². The minimum absolute atomic E-state index is 0.122. The average Bonchev–Trinajstić information content (AvgIpc) is 2.21. The second-order valence-corrected chi connectivity index (χ2v) is 4.49. The fourth-order valence-electron chi connectivity index (χ4n) is 1.62. The molecular weight excluding hydrogens is 224 g/mol. The number of aromatic hydroxyl groups is 1. The predicted molar refractivity (Wildman–Crippen MR) is 63.4 cm³/mol. The van der Waals surface area contributed by atoms with Crippen LogP contribution in [0.25, 0.3) is 0 Å². The fourth-order valence-corrected chi connectivity index (χ4v) is 1.62. The quantitative estimate of drug-likeness (QED) is 0.798. The third-order valence-corrected chi connectivity index (χ3v) is 2.47. The summed E-state index contributed by atoms with van der Waals surface area (Å²) in [5.74, 6) is -0.313. The van der Waals surface area contributed by atoms with Crippen molar-refractivity contribution < 1.29 is 9.84 Å². The highest BCUT2D eigenvalue weighted by Gasteiger charge is 2.22. The predicted octanol–water partition coefficient (Wildman–Crippen LogP) is 0.366. The van der Waals surface area contributed by atoms with Gasteiger partial charge < -0.3 is 9.84 Å². The molecule has 96 valence electrons. The Morgan fingerprint density at radius 1 is 1.41 bits per heavy atom. The topological polar surface area (TPSA) is 84.3 Å². The zero-order valence-corrected chi connectivity index (χ0v) is 10.5. The molecule has 1 heterocycles. The zero-order chi connectivity index (χ0) is 13.2. The van der Waals surface area contributed by atoms with E-state index < -0.39 is 16.9 Å². The van der Waals surface area contributed by atoms with Crippen LogP contribution in [0.2, 0.25) is 0 Å². The van der Waals surface area contributed by atoms with Gasteiger partial charge in [0, 0.05) is 6.61 Å². The molecule has 1 aromatic heterocycles. The molecule has 0 saturated carbocycles. The second-order valence-electron chi connectivity index (χ2n) is 4.49. The van der Waals surface area contributed by atoms with Crippen molar-refractivity contribution in [2.45, 2.75) is 39.8 Å². The van der Waals surface area contributed by atoms with E-state index in [4.69, 9.17) is 4.74 Å². The van der Waals surface area contributed by atoms with Crippen LogP contribution >= 0.6 is 0 Å². The van der Waals surface area contributed by atoms with Gasteiger partial charge >= 0.3 is 5.69 Å². The van der Waals surface area contributed by atoms with Gasteiger partial charge in [-0.15, -0.1) is 0 Å². The monoisotopic (exact) mass is 242 g/mol. The molecule has 0 saturated heterocycles. The number of aromatic nitrogens is 2. The Hall–Kier alpha value is -1.56. The third-order valence-electron chi connectivity index (χ3n) is 2.47. The Labute approximate surface area is 98.9 Å². The van der Waals surface area contributed by atoms with Gasteiger partial charge in [0.15, 0.2) is 0 Å². The van der Waals surface area contributed by atoms with Gasteiger partial charge in [0.1, 0.15) is 0 Å². The highest BCUT2D eigenvalue weighted by molar-refractivity contribution is 5.20. The molecule has 6 nitrogen and oxygen atoms in total. The van der Waals surface area contributed by atoms with E-state index in [1.54, 1.807) is 0 Å². The van der Waals surface area contributed by atoms with E-state index in [1.165, 1.54) is 6.92 Å². The lowest BCUT2D eigenvalue weighted by molar-refractivity contribution is -0.0246. The molecule has 0 aliphatic carbocycles. The molecule has 0 spiro atoms. The van der Waals surface area contributed by atoms with Crippen LogP contribution in [0, 0.1) is 6.92 Å². The van der Waals surface area contributed by atoms with E-state index in [9.17, 15) is 14.7 Å². The largest absolute Gasteiger partial charge is 0.494 e. The van der Waals surface area contributed by atoms with Crippen molar-refractivity contribution in [1.29, 1.82) is 0 Å². The standard InChI is InChI=1S/C11H18N2O4/c1-5-17-11(3,4)6-13-9(15)7(2)8(14)12-10(13)16/h15H,5-6H2,1-4H3,(H,12,14,16). The van der Waals surface area contributed by atoms with Crippen molar-refractivity contribution in [2.24, 2.45) is 0 Å². The van der Waals surface area contributed by atoms with Crippen molar-refractivity contribution >= 4 is 0 Å².